The van der Waals surface area contributed by atoms with E-state index in [1.807, 2.05) is 35.2 Å². The van der Waals surface area contributed by atoms with Crippen LogP contribution >= 0.6 is 23.2 Å². The number of rotatable bonds is 11. The van der Waals surface area contributed by atoms with Crippen molar-refractivity contribution in [3.05, 3.63) is 114 Å². The molecule has 3 aromatic rings. The van der Waals surface area contributed by atoms with Crippen molar-refractivity contribution >= 4 is 58.4 Å². The van der Waals surface area contributed by atoms with Crippen LogP contribution in [0, 0.1) is 20.2 Å². The van der Waals surface area contributed by atoms with Crippen LogP contribution in [0.3, 0.4) is 0 Å². The molecule has 4 unspecified atom stereocenters. The quantitative estimate of drug-likeness (QED) is 0.187. The van der Waals surface area contributed by atoms with E-state index in [2.05, 4.69) is 10.2 Å². The number of carbonyl (C=O) groups excluding carboxylic acids is 4. The third kappa shape index (κ3) is 9.80. The summed E-state index contributed by atoms with van der Waals surface area (Å²) < 4.78 is 5.47. The average molecular weight is 825 g/mol. The molecule has 4 amide bonds. The molecular formula is C39H43Cl2N7O9. The summed E-state index contributed by atoms with van der Waals surface area (Å²) in [6.45, 7) is 6.89. The van der Waals surface area contributed by atoms with Crippen LogP contribution in [0.15, 0.2) is 66.7 Å². The molecule has 3 heterocycles. The van der Waals surface area contributed by atoms with Crippen LogP contribution in [0.25, 0.3) is 0 Å². The van der Waals surface area contributed by atoms with E-state index in [1.54, 1.807) is 43.9 Å². The molecular weight excluding hydrogens is 781 g/mol. The van der Waals surface area contributed by atoms with E-state index in [0.29, 0.717) is 36.6 Å². The molecule has 3 aromatic carbocycles. The van der Waals surface area contributed by atoms with Gasteiger partial charge in [-0.25, -0.2) is 4.79 Å². The second kappa shape index (κ2) is 17.0. The first-order chi connectivity index (χ1) is 27.0. The largest absolute Gasteiger partial charge is 0.444 e. The number of amides is 4. The molecule has 0 radical (unpaired) electrons. The molecule has 6 rings (SSSR count). The highest BCUT2D eigenvalue weighted by molar-refractivity contribution is 6.42. The number of likely N-dealkylation sites (tertiary alicyclic amines) is 2. The van der Waals surface area contributed by atoms with Crippen molar-refractivity contribution in [3.63, 3.8) is 0 Å². The first-order valence-corrected chi connectivity index (χ1v) is 19.3. The number of nitro groups is 2. The van der Waals surface area contributed by atoms with Crippen LogP contribution in [-0.4, -0.2) is 116 Å². The highest BCUT2D eigenvalue weighted by atomic mass is 35.5. The first-order valence-electron chi connectivity index (χ1n) is 18.5. The Bertz CT molecular complexity index is 2030. The molecule has 2 bridgehead atoms. The third-order valence-corrected chi connectivity index (χ3v) is 11.1. The minimum atomic E-state index is -0.826. The van der Waals surface area contributed by atoms with E-state index < -0.39 is 50.9 Å². The topological polar surface area (TPSA) is 189 Å². The van der Waals surface area contributed by atoms with E-state index >= 15 is 0 Å². The fourth-order valence-electron chi connectivity index (χ4n) is 7.76. The Hall–Kier alpha value is -5.32. The standard InChI is InChI=1S/C39H43Cl2N7O9/c1-39(2,3)57-38(52)42-33(15-24-7-5-4-6-8-24)37(51)46-22-29-20-30(46)21-43(29)12-11-35(49)45-14-13-44(23-34(45)25-9-10-31(40)32(41)18-25)36(50)26-16-27(47(53)54)19-28(17-26)48(55)56/h4-10,16-19,29-30,33-34H,11-15,20-23H2,1-3H3,(H,42,52). The van der Waals surface area contributed by atoms with Crippen molar-refractivity contribution in [2.45, 2.75) is 69.8 Å². The molecule has 302 valence electrons. The van der Waals surface area contributed by atoms with Crippen molar-refractivity contribution in [1.29, 1.82) is 0 Å². The number of nitrogens with one attached hydrogen (secondary N) is 1. The number of carbonyl (C=O) groups is 4. The number of piperazine rings is 2. The van der Waals surface area contributed by atoms with E-state index in [1.165, 1.54) is 4.90 Å². The summed E-state index contributed by atoms with van der Waals surface area (Å²) >= 11 is 12.6. The molecule has 1 N–H and O–H groups in total. The van der Waals surface area contributed by atoms with Crippen LogP contribution in [0.1, 0.15) is 61.1 Å². The molecule has 0 spiro atoms. The number of ether oxygens (including phenoxy) is 1. The van der Waals surface area contributed by atoms with Gasteiger partial charge in [0, 0.05) is 76.3 Å². The van der Waals surface area contributed by atoms with Crippen LogP contribution in [0.5, 0.6) is 0 Å². The minimum absolute atomic E-state index is 0.00795. The van der Waals surface area contributed by atoms with Gasteiger partial charge in [0.15, 0.2) is 0 Å². The van der Waals surface area contributed by atoms with Gasteiger partial charge in [0.2, 0.25) is 11.8 Å². The number of halogens is 2. The molecule has 0 aromatic heterocycles. The van der Waals surface area contributed by atoms with Gasteiger partial charge in [-0.05, 0) is 50.5 Å². The predicted octanol–water partition coefficient (Wildman–Crippen LogP) is 5.65. The monoisotopic (exact) mass is 823 g/mol. The Labute approximate surface area is 338 Å². The van der Waals surface area contributed by atoms with Crippen LogP contribution in [-0.2, 0) is 20.7 Å². The number of benzene rings is 3. The van der Waals surface area contributed by atoms with E-state index in [4.69, 9.17) is 27.9 Å². The van der Waals surface area contributed by atoms with Gasteiger partial charge in [0.25, 0.3) is 17.3 Å². The Morgan fingerprint density at radius 2 is 1.54 bits per heavy atom. The van der Waals surface area contributed by atoms with Crippen molar-refractivity contribution in [2.75, 3.05) is 39.3 Å². The lowest BCUT2D eigenvalue weighted by molar-refractivity contribution is -0.394. The molecule has 3 fully saturated rings. The van der Waals surface area contributed by atoms with Crippen molar-refractivity contribution < 1.29 is 33.8 Å². The molecule has 18 heteroatoms. The van der Waals surface area contributed by atoms with Crippen LogP contribution in [0.4, 0.5) is 16.2 Å². The molecule has 3 aliphatic heterocycles. The lowest BCUT2D eigenvalue weighted by atomic mass is 10.0. The van der Waals surface area contributed by atoms with Crippen LogP contribution < -0.4 is 5.32 Å². The van der Waals surface area contributed by atoms with Gasteiger partial charge in [-0.2, -0.15) is 0 Å². The normalized spacial score (nSPS) is 19.9. The lowest BCUT2D eigenvalue weighted by Gasteiger charge is -2.42. The molecule has 0 saturated carbocycles. The molecule has 16 nitrogen and oxygen atoms in total. The first kappa shape index (κ1) is 41.3. The number of nitrogens with zero attached hydrogens (tertiary/aromatic N) is 6. The second-order valence-electron chi connectivity index (χ2n) is 15.4. The zero-order chi connectivity index (χ0) is 41.2. The highest BCUT2D eigenvalue weighted by Crippen LogP contribution is 2.35. The Morgan fingerprint density at radius 1 is 0.860 bits per heavy atom. The maximum absolute atomic E-state index is 14.0. The third-order valence-electron chi connectivity index (χ3n) is 10.4. The van der Waals surface area contributed by atoms with Gasteiger partial charge in [-0.1, -0.05) is 59.6 Å². The summed E-state index contributed by atoms with van der Waals surface area (Å²) in [5.74, 6) is -1.02. The lowest BCUT2D eigenvalue weighted by Crippen LogP contribution is -2.56. The van der Waals surface area contributed by atoms with E-state index in [-0.39, 0.29) is 60.5 Å². The molecule has 3 saturated heterocycles. The number of hydrogen-bond donors (Lipinski definition) is 1. The molecule has 57 heavy (non-hydrogen) atoms. The molecule has 3 aliphatic rings. The fourth-order valence-corrected chi connectivity index (χ4v) is 8.07. The Balaban J connectivity index is 1.12. The summed E-state index contributed by atoms with van der Waals surface area (Å²) in [5, 5.41) is 26.3. The number of hydrogen-bond acceptors (Lipinski definition) is 10. The average Bonchev–Trinajstić information content (AvgIpc) is 3.78. The van der Waals surface area contributed by atoms with E-state index in [0.717, 1.165) is 30.2 Å². The Kier molecular flexibility index (Phi) is 12.4. The number of alkyl carbamates (subject to hydrolysis) is 1. The van der Waals surface area contributed by atoms with Crippen molar-refractivity contribution in [3.8, 4) is 0 Å². The SMILES string of the molecule is CC(C)(C)OC(=O)NC(Cc1ccccc1)C(=O)N1CC2CC1CN2CCC(=O)N1CCN(C(=O)c2cc([N+](=O)[O-])cc([N+](=O)[O-])c2)CC1c1ccc(Cl)c(Cl)c1. The van der Waals surface area contributed by atoms with Gasteiger partial charge in [0.1, 0.15) is 11.6 Å². The number of non-ortho nitro benzene ring substituents is 2. The van der Waals surface area contributed by atoms with Gasteiger partial charge in [-0.15, -0.1) is 0 Å². The number of fused-ring (bicyclic) bond motifs is 2. The Morgan fingerprint density at radius 3 is 2.14 bits per heavy atom. The maximum atomic E-state index is 14.0. The molecule has 4 atom stereocenters. The van der Waals surface area contributed by atoms with Crippen molar-refractivity contribution in [2.24, 2.45) is 0 Å². The summed E-state index contributed by atoms with van der Waals surface area (Å²) in [6, 6.07) is 15.6. The van der Waals surface area contributed by atoms with Gasteiger partial charge in [0.05, 0.1) is 37.6 Å². The van der Waals surface area contributed by atoms with Gasteiger partial charge < -0.3 is 24.8 Å². The van der Waals surface area contributed by atoms with Crippen LogP contribution in [0.2, 0.25) is 10.0 Å². The minimum Gasteiger partial charge on any atom is -0.444 e. The van der Waals surface area contributed by atoms with Crippen molar-refractivity contribution in [1.82, 2.24) is 24.9 Å². The maximum Gasteiger partial charge on any atom is 0.408 e. The summed E-state index contributed by atoms with van der Waals surface area (Å²) in [6.07, 6.45) is 0.511. The summed E-state index contributed by atoms with van der Waals surface area (Å²) in [4.78, 5) is 82.9. The predicted molar refractivity (Wildman–Crippen MR) is 210 cm³/mol. The number of nitro benzene ring substituents is 2. The van der Waals surface area contributed by atoms with E-state index in [9.17, 15) is 39.4 Å². The summed E-state index contributed by atoms with van der Waals surface area (Å²) in [7, 11) is 0. The zero-order valence-corrected chi connectivity index (χ0v) is 33.1. The smallest absolute Gasteiger partial charge is 0.408 e. The second-order valence-corrected chi connectivity index (χ2v) is 16.3. The van der Waals surface area contributed by atoms with Gasteiger partial charge >= 0.3 is 6.09 Å². The zero-order valence-electron chi connectivity index (χ0n) is 31.6. The molecule has 0 aliphatic carbocycles. The van der Waals surface area contributed by atoms with Gasteiger partial charge in [-0.3, -0.25) is 39.5 Å². The fraction of sp³-hybridized carbons (Fsp3) is 0.436. The summed E-state index contributed by atoms with van der Waals surface area (Å²) in [5.41, 5.74) is -0.619. The highest BCUT2D eigenvalue weighted by Gasteiger charge is 2.47.